The molecule has 1 heterocycles. The Balaban J connectivity index is 2.09. The van der Waals surface area contributed by atoms with Gasteiger partial charge >= 0.3 is 0 Å². The van der Waals surface area contributed by atoms with Gasteiger partial charge in [0.2, 0.25) is 0 Å². The molecule has 108 valence electrons. The first-order valence-electron chi connectivity index (χ1n) is 6.97. The molecule has 0 amide bonds. The molecule has 1 N–H and O–H groups in total. The summed E-state index contributed by atoms with van der Waals surface area (Å²) in [7, 11) is 4.01. The number of hydrogen-bond donors (Lipinski definition) is 1. The van der Waals surface area contributed by atoms with Gasteiger partial charge in [-0.25, -0.2) is 0 Å². The summed E-state index contributed by atoms with van der Waals surface area (Å²) in [4.78, 5) is 0. The third kappa shape index (κ3) is 4.09. The second-order valence-electron chi connectivity index (χ2n) is 5.36. The van der Waals surface area contributed by atoms with E-state index in [0.717, 1.165) is 30.1 Å². The Labute approximate surface area is 126 Å². The molecular weight excluding hydrogens is 270 g/mol. The predicted molar refractivity (Wildman–Crippen MR) is 84.2 cm³/mol. The zero-order chi connectivity index (χ0) is 14.5. The number of rotatable bonds is 6. The van der Waals surface area contributed by atoms with Crippen molar-refractivity contribution in [1.29, 1.82) is 0 Å². The van der Waals surface area contributed by atoms with E-state index in [9.17, 15) is 0 Å². The van der Waals surface area contributed by atoms with Crippen molar-refractivity contribution < 1.29 is 0 Å². The summed E-state index contributed by atoms with van der Waals surface area (Å²) in [5.74, 6) is 0.535. The minimum atomic E-state index is 0.535. The summed E-state index contributed by atoms with van der Waals surface area (Å²) in [5.41, 5.74) is 3.65. The van der Waals surface area contributed by atoms with Crippen molar-refractivity contribution in [3.8, 4) is 0 Å². The van der Waals surface area contributed by atoms with E-state index in [1.54, 1.807) is 0 Å². The van der Waals surface area contributed by atoms with Crippen molar-refractivity contribution >= 4 is 11.6 Å². The molecule has 2 rings (SSSR count). The summed E-state index contributed by atoms with van der Waals surface area (Å²) >= 11 is 6.06. The maximum absolute atomic E-state index is 6.06. The lowest BCUT2D eigenvalue weighted by atomic mass is 9.94. The van der Waals surface area contributed by atoms with Gasteiger partial charge in [0.25, 0.3) is 0 Å². The number of nitrogens with zero attached hydrogens (tertiary/aromatic N) is 2. The largest absolute Gasteiger partial charge is 0.319 e. The van der Waals surface area contributed by atoms with Crippen LogP contribution in [-0.4, -0.2) is 23.4 Å². The van der Waals surface area contributed by atoms with Gasteiger partial charge in [0.15, 0.2) is 0 Å². The second kappa shape index (κ2) is 6.91. The van der Waals surface area contributed by atoms with Gasteiger partial charge in [-0.3, -0.25) is 4.68 Å². The van der Waals surface area contributed by atoms with Crippen molar-refractivity contribution in [2.24, 2.45) is 13.0 Å². The van der Waals surface area contributed by atoms with E-state index in [1.165, 1.54) is 11.3 Å². The smallest absolute Gasteiger partial charge is 0.0596 e. The van der Waals surface area contributed by atoms with Gasteiger partial charge in [0.05, 0.1) is 5.69 Å². The van der Waals surface area contributed by atoms with E-state index in [4.69, 9.17) is 11.6 Å². The molecule has 0 aliphatic heterocycles. The lowest BCUT2D eigenvalue weighted by molar-refractivity contribution is 0.477. The van der Waals surface area contributed by atoms with Crippen molar-refractivity contribution in [2.75, 3.05) is 13.6 Å². The molecule has 1 atom stereocenters. The van der Waals surface area contributed by atoms with Crippen LogP contribution < -0.4 is 5.32 Å². The van der Waals surface area contributed by atoms with E-state index in [-0.39, 0.29) is 0 Å². The maximum Gasteiger partial charge on any atom is 0.0596 e. The summed E-state index contributed by atoms with van der Waals surface area (Å²) < 4.78 is 1.98. The molecule has 0 aliphatic carbocycles. The van der Waals surface area contributed by atoms with Crippen LogP contribution in [0.15, 0.2) is 30.3 Å². The fraction of sp³-hybridized carbons (Fsp3) is 0.438. The molecule has 0 aliphatic rings. The minimum Gasteiger partial charge on any atom is -0.319 e. The molecule has 0 fully saturated rings. The highest BCUT2D eigenvalue weighted by atomic mass is 35.5. The van der Waals surface area contributed by atoms with Gasteiger partial charge in [0, 0.05) is 17.8 Å². The fourth-order valence-corrected chi connectivity index (χ4v) is 2.87. The van der Waals surface area contributed by atoms with Gasteiger partial charge in [-0.1, -0.05) is 23.7 Å². The van der Waals surface area contributed by atoms with Crippen molar-refractivity contribution in [3.63, 3.8) is 0 Å². The number of aromatic nitrogens is 2. The molecule has 4 heteroatoms. The third-order valence-electron chi connectivity index (χ3n) is 3.50. The van der Waals surface area contributed by atoms with Crippen LogP contribution in [0.1, 0.15) is 17.0 Å². The second-order valence-corrected chi connectivity index (χ2v) is 5.80. The van der Waals surface area contributed by atoms with Crippen LogP contribution >= 0.6 is 11.6 Å². The quantitative estimate of drug-likeness (QED) is 0.887. The van der Waals surface area contributed by atoms with Gasteiger partial charge in [-0.15, -0.1) is 0 Å². The summed E-state index contributed by atoms with van der Waals surface area (Å²) in [6, 6.07) is 10.3. The van der Waals surface area contributed by atoms with Gasteiger partial charge < -0.3 is 5.32 Å². The molecule has 1 unspecified atom stereocenters. The van der Waals surface area contributed by atoms with E-state index < -0.39 is 0 Å². The first-order chi connectivity index (χ1) is 9.58. The molecule has 0 saturated carbocycles. The highest BCUT2D eigenvalue weighted by Gasteiger charge is 2.13. The standard InChI is InChI=1S/C16H22ClN3/c1-12-7-16(20(3)19-12)10-14(11-18-2)8-13-5-4-6-15(17)9-13/h4-7,9,14,18H,8,10-11H2,1-3H3. The monoisotopic (exact) mass is 291 g/mol. The Morgan fingerprint density at radius 2 is 2.10 bits per heavy atom. The highest BCUT2D eigenvalue weighted by Crippen LogP contribution is 2.18. The number of halogens is 1. The number of aryl methyl sites for hydroxylation is 2. The molecule has 2 aromatic rings. The van der Waals surface area contributed by atoms with Crippen LogP contribution in [-0.2, 0) is 19.9 Å². The van der Waals surface area contributed by atoms with Crippen LogP contribution in [0, 0.1) is 12.8 Å². The molecule has 0 spiro atoms. The molecular formula is C16H22ClN3. The van der Waals surface area contributed by atoms with Crippen molar-refractivity contribution in [2.45, 2.75) is 19.8 Å². The first kappa shape index (κ1) is 15.1. The number of benzene rings is 1. The highest BCUT2D eigenvalue weighted by molar-refractivity contribution is 6.30. The zero-order valence-corrected chi connectivity index (χ0v) is 13.1. The molecule has 0 saturated heterocycles. The minimum absolute atomic E-state index is 0.535. The Kier molecular flexibility index (Phi) is 5.21. The fourth-order valence-electron chi connectivity index (χ4n) is 2.65. The Morgan fingerprint density at radius 1 is 1.30 bits per heavy atom. The molecule has 0 bridgehead atoms. The van der Waals surface area contributed by atoms with E-state index in [0.29, 0.717) is 5.92 Å². The van der Waals surface area contributed by atoms with E-state index >= 15 is 0 Å². The Morgan fingerprint density at radius 3 is 2.70 bits per heavy atom. The zero-order valence-electron chi connectivity index (χ0n) is 12.4. The van der Waals surface area contributed by atoms with Gasteiger partial charge in [-0.05, 0) is 63.0 Å². The third-order valence-corrected chi connectivity index (χ3v) is 3.74. The normalized spacial score (nSPS) is 12.6. The van der Waals surface area contributed by atoms with E-state index in [1.807, 2.05) is 37.8 Å². The molecule has 0 radical (unpaired) electrons. The maximum atomic E-state index is 6.06. The molecule has 3 nitrogen and oxygen atoms in total. The average molecular weight is 292 g/mol. The molecule has 1 aromatic heterocycles. The van der Waals surface area contributed by atoms with Gasteiger partial charge in [0.1, 0.15) is 0 Å². The lowest BCUT2D eigenvalue weighted by Crippen LogP contribution is -2.23. The van der Waals surface area contributed by atoms with E-state index in [2.05, 4.69) is 28.6 Å². The van der Waals surface area contributed by atoms with Crippen molar-refractivity contribution in [1.82, 2.24) is 15.1 Å². The van der Waals surface area contributed by atoms with Crippen LogP contribution in [0.2, 0.25) is 5.02 Å². The van der Waals surface area contributed by atoms with Crippen LogP contribution in [0.5, 0.6) is 0 Å². The first-order valence-corrected chi connectivity index (χ1v) is 7.35. The topological polar surface area (TPSA) is 29.9 Å². The van der Waals surface area contributed by atoms with Crippen LogP contribution in [0.25, 0.3) is 0 Å². The average Bonchev–Trinajstić information content (AvgIpc) is 2.68. The summed E-state index contributed by atoms with van der Waals surface area (Å²) in [5, 5.41) is 8.51. The molecule has 20 heavy (non-hydrogen) atoms. The van der Waals surface area contributed by atoms with Crippen LogP contribution in [0.4, 0.5) is 0 Å². The summed E-state index contributed by atoms with van der Waals surface area (Å²) in [6.07, 6.45) is 2.04. The Bertz CT molecular complexity index is 563. The van der Waals surface area contributed by atoms with Crippen LogP contribution in [0.3, 0.4) is 0 Å². The SMILES string of the molecule is CNCC(Cc1cccc(Cl)c1)Cc1cc(C)nn1C. The Hall–Kier alpha value is -1.32. The van der Waals surface area contributed by atoms with Crippen molar-refractivity contribution in [3.05, 3.63) is 52.3 Å². The predicted octanol–water partition coefficient (Wildman–Crippen LogP) is 3.00. The lowest BCUT2D eigenvalue weighted by Gasteiger charge is -2.17. The number of nitrogens with one attached hydrogen (secondary N) is 1. The number of hydrogen-bond acceptors (Lipinski definition) is 2. The molecule has 1 aromatic carbocycles. The van der Waals surface area contributed by atoms with Gasteiger partial charge in [-0.2, -0.15) is 5.10 Å². The summed E-state index contributed by atoms with van der Waals surface area (Å²) in [6.45, 7) is 3.02.